The molecule has 0 saturated carbocycles. The van der Waals surface area contributed by atoms with Gasteiger partial charge in [0.1, 0.15) is 23.5 Å². The highest BCUT2D eigenvalue weighted by molar-refractivity contribution is 7.89. The lowest BCUT2D eigenvalue weighted by atomic mass is 10.0. The van der Waals surface area contributed by atoms with Gasteiger partial charge in [0.05, 0.1) is 45.8 Å². The molecule has 2 aromatic rings. The van der Waals surface area contributed by atoms with E-state index in [9.17, 15) is 37.1 Å². The third kappa shape index (κ3) is 4.76. The second-order valence-corrected chi connectivity index (χ2v) is 9.56. The van der Waals surface area contributed by atoms with Gasteiger partial charge in [-0.15, -0.1) is 0 Å². The van der Waals surface area contributed by atoms with Gasteiger partial charge in [0, 0.05) is 6.54 Å². The van der Waals surface area contributed by atoms with E-state index in [-0.39, 0.29) is 16.3 Å². The number of nitrogens with zero attached hydrogens (tertiary/aromatic N) is 3. The van der Waals surface area contributed by atoms with E-state index in [0.717, 1.165) is 0 Å². The van der Waals surface area contributed by atoms with Crippen molar-refractivity contribution in [3.05, 3.63) is 58.1 Å². The minimum atomic E-state index is -4.78. The van der Waals surface area contributed by atoms with Crippen molar-refractivity contribution < 1.29 is 36.5 Å². The number of β-amino-alcohol motifs (C(OH)–C–C–N with tert-alkyl or cyclic N) is 1. The number of sulfonamides is 1. The van der Waals surface area contributed by atoms with Crippen LogP contribution in [-0.4, -0.2) is 54.3 Å². The maximum atomic E-state index is 13.1. The largest absolute Gasteiger partial charge is 0.484 e. The van der Waals surface area contributed by atoms with E-state index >= 15 is 0 Å². The Hall–Kier alpha value is -2.87. The van der Waals surface area contributed by atoms with Crippen molar-refractivity contribution >= 4 is 21.6 Å². The van der Waals surface area contributed by atoms with Gasteiger partial charge in [0.25, 0.3) is 0 Å². The molecule has 13 heteroatoms. The summed E-state index contributed by atoms with van der Waals surface area (Å²) in [5.74, 6) is 0.0130. The number of halogens is 4. The van der Waals surface area contributed by atoms with Crippen molar-refractivity contribution in [2.24, 2.45) is 0 Å². The molecule has 0 spiro atoms. The number of rotatable bonds is 5. The molecule has 33 heavy (non-hydrogen) atoms. The highest BCUT2D eigenvalue weighted by Crippen LogP contribution is 2.36. The molecule has 1 saturated heterocycles. The topological polar surface area (TPSA) is 135 Å². The van der Waals surface area contributed by atoms with Crippen LogP contribution in [0.3, 0.4) is 0 Å². The monoisotopic (exact) mass is 501 g/mol. The minimum Gasteiger partial charge on any atom is -0.484 e. The second kappa shape index (κ2) is 8.82. The van der Waals surface area contributed by atoms with E-state index in [4.69, 9.17) is 21.6 Å². The predicted molar refractivity (Wildman–Crippen MR) is 108 cm³/mol. The van der Waals surface area contributed by atoms with Crippen LogP contribution in [0, 0.1) is 22.7 Å². The van der Waals surface area contributed by atoms with Crippen molar-refractivity contribution in [2.45, 2.75) is 22.8 Å². The quantitative estimate of drug-likeness (QED) is 0.641. The fourth-order valence-corrected chi connectivity index (χ4v) is 5.14. The zero-order valence-electron chi connectivity index (χ0n) is 16.5. The normalized spacial score (nSPS) is 21.4. The maximum absolute atomic E-state index is 13.1. The van der Waals surface area contributed by atoms with Gasteiger partial charge in [-0.25, -0.2) is 8.42 Å². The van der Waals surface area contributed by atoms with Crippen LogP contribution >= 0.6 is 11.6 Å². The first-order valence-corrected chi connectivity index (χ1v) is 11.0. The number of alkyl halides is 3. The number of hydrogen-bond donors (Lipinski definition) is 2. The molecule has 1 heterocycles. The van der Waals surface area contributed by atoms with Crippen LogP contribution in [0.5, 0.6) is 5.75 Å². The first kappa shape index (κ1) is 24.8. The van der Waals surface area contributed by atoms with Crippen molar-refractivity contribution in [1.29, 1.82) is 10.5 Å². The van der Waals surface area contributed by atoms with Gasteiger partial charge < -0.3 is 14.9 Å². The molecule has 1 aliphatic rings. The molecule has 0 bridgehead atoms. The Kier molecular flexibility index (Phi) is 6.62. The lowest BCUT2D eigenvalue weighted by molar-refractivity contribution is -0.137. The molecule has 3 rings (SSSR count). The Bertz CT molecular complexity index is 1270. The average molecular weight is 502 g/mol. The van der Waals surface area contributed by atoms with Gasteiger partial charge in [0.2, 0.25) is 10.0 Å². The van der Waals surface area contributed by atoms with Crippen LogP contribution in [-0.2, 0) is 16.2 Å². The highest BCUT2D eigenvalue weighted by Gasteiger charge is 2.51. The van der Waals surface area contributed by atoms with Crippen LogP contribution in [0.4, 0.5) is 13.2 Å². The summed E-state index contributed by atoms with van der Waals surface area (Å²) in [7, 11) is -4.55. The lowest BCUT2D eigenvalue weighted by Crippen LogP contribution is -2.48. The summed E-state index contributed by atoms with van der Waals surface area (Å²) in [6, 6.07) is 8.95. The van der Waals surface area contributed by atoms with Crippen molar-refractivity contribution in [3.63, 3.8) is 0 Å². The van der Waals surface area contributed by atoms with E-state index < -0.39 is 63.6 Å². The number of nitriles is 2. The molecule has 0 radical (unpaired) electrons. The van der Waals surface area contributed by atoms with Crippen LogP contribution in [0.15, 0.2) is 41.3 Å². The summed E-state index contributed by atoms with van der Waals surface area (Å²) in [5.41, 5.74) is -3.77. The standard InChI is InChI=1S/C20H15ClF3N3O5S/c21-15-5-12(7-25)1-3-16(15)32-18-9-27(10-19(18,29)11-28)33(30,31)17-4-2-14(20(22,23)24)6-13(17)8-26/h1-6,18,28-29H,9-11H2/t18?,19-/m1/s1. The summed E-state index contributed by atoms with van der Waals surface area (Å²) >= 11 is 6.06. The van der Waals surface area contributed by atoms with Gasteiger partial charge in [-0.2, -0.15) is 28.0 Å². The van der Waals surface area contributed by atoms with Gasteiger partial charge in [0.15, 0.2) is 0 Å². The number of benzene rings is 2. The average Bonchev–Trinajstić information content (AvgIpc) is 3.11. The summed E-state index contributed by atoms with van der Waals surface area (Å²) in [5, 5.41) is 38.6. The molecule has 2 atom stereocenters. The fraction of sp³-hybridized carbons (Fsp3) is 0.300. The van der Waals surface area contributed by atoms with E-state index in [1.807, 2.05) is 6.07 Å². The van der Waals surface area contributed by atoms with E-state index in [1.165, 1.54) is 24.3 Å². The molecule has 8 nitrogen and oxygen atoms in total. The molecule has 174 valence electrons. The molecule has 0 amide bonds. The maximum Gasteiger partial charge on any atom is 0.416 e. The molecule has 1 aliphatic heterocycles. The molecule has 0 aromatic heterocycles. The van der Waals surface area contributed by atoms with Crippen molar-refractivity contribution in [1.82, 2.24) is 4.31 Å². The van der Waals surface area contributed by atoms with Crippen LogP contribution in [0.1, 0.15) is 16.7 Å². The smallest absolute Gasteiger partial charge is 0.416 e. The van der Waals surface area contributed by atoms with Gasteiger partial charge in [-0.1, -0.05) is 11.6 Å². The third-order valence-electron chi connectivity index (χ3n) is 5.07. The molecular weight excluding hydrogens is 487 g/mol. The Labute approximate surface area is 191 Å². The summed E-state index contributed by atoms with van der Waals surface area (Å²) < 4.78 is 71.4. The van der Waals surface area contributed by atoms with Crippen molar-refractivity contribution in [2.75, 3.05) is 19.7 Å². The van der Waals surface area contributed by atoms with Gasteiger partial charge in [-0.05, 0) is 36.4 Å². The molecular formula is C20H15ClF3N3O5S. The Morgan fingerprint density at radius 3 is 2.45 bits per heavy atom. The minimum absolute atomic E-state index is 0.00477. The first-order chi connectivity index (χ1) is 15.4. The molecule has 2 aromatic carbocycles. The van der Waals surface area contributed by atoms with E-state index in [2.05, 4.69) is 0 Å². The molecule has 1 fully saturated rings. The molecule has 2 N–H and O–H groups in total. The molecule has 0 aliphatic carbocycles. The number of aliphatic hydroxyl groups is 2. The zero-order valence-corrected chi connectivity index (χ0v) is 18.1. The summed E-state index contributed by atoms with van der Waals surface area (Å²) in [4.78, 5) is -0.685. The zero-order chi connectivity index (χ0) is 24.6. The lowest BCUT2D eigenvalue weighted by Gasteiger charge is -2.27. The number of aliphatic hydroxyl groups excluding tert-OH is 1. The Morgan fingerprint density at radius 1 is 1.21 bits per heavy atom. The highest BCUT2D eigenvalue weighted by atomic mass is 35.5. The van der Waals surface area contributed by atoms with Crippen molar-refractivity contribution in [3.8, 4) is 17.9 Å². The van der Waals surface area contributed by atoms with Gasteiger partial charge >= 0.3 is 6.18 Å². The van der Waals surface area contributed by atoms with Crippen LogP contribution in [0.25, 0.3) is 0 Å². The van der Waals surface area contributed by atoms with Crippen LogP contribution in [0.2, 0.25) is 5.02 Å². The summed E-state index contributed by atoms with van der Waals surface area (Å²) in [6.07, 6.45) is -6.10. The number of ether oxygens (including phenoxy) is 1. The van der Waals surface area contributed by atoms with E-state index in [1.54, 1.807) is 0 Å². The Morgan fingerprint density at radius 2 is 1.91 bits per heavy atom. The fourth-order valence-electron chi connectivity index (χ4n) is 3.29. The first-order valence-electron chi connectivity index (χ1n) is 9.17. The van der Waals surface area contributed by atoms with E-state index in [0.29, 0.717) is 22.5 Å². The Balaban J connectivity index is 1.95. The van der Waals surface area contributed by atoms with Crippen LogP contribution < -0.4 is 4.74 Å². The SMILES string of the molecule is N#Cc1ccc(OC2CN(S(=O)(=O)c3ccc(C(F)(F)F)cc3C#N)C[C@@]2(O)CO)c(Cl)c1. The number of hydrogen-bond acceptors (Lipinski definition) is 7. The van der Waals surface area contributed by atoms with Gasteiger partial charge in [-0.3, -0.25) is 0 Å². The third-order valence-corrected chi connectivity index (χ3v) is 7.23. The summed E-state index contributed by atoms with van der Waals surface area (Å²) in [6.45, 7) is -2.06. The predicted octanol–water partition coefficient (Wildman–Crippen LogP) is 2.28. The molecule has 1 unspecified atom stereocenters. The second-order valence-electron chi connectivity index (χ2n) is 7.24.